The monoisotopic (exact) mass is 224 g/mol. The molecule has 0 aliphatic heterocycles. The molecule has 3 rings (SSSR count). The first-order valence-electron chi connectivity index (χ1n) is 5.42. The fraction of sp³-hybridized carbons (Fsp3) is 0.0667. The molecular formula is C15H12S. The molecule has 0 radical (unpaired) electrons. The molecule has 0 saturated heterocycles. The smallest absolute Gasteiger partial charge is 0.0157 e. The third kappa shape index (κ3) is 1.48. The van der Waals surface area contributed by atoms with Gasteiger partial charge in [-0.3, -0.25) is 0 Å². The Kier molecular flexibility index (Phi) is 2.33. The van der Waals surface area contributed by atoms with E-state index in [0.717, 1.165) is 11.3 Å². The second kappa shape index (κ2) is 3.84. The largest absolute Gasteiger partial charge is 0.142 e. The number of hydrogen-bond donors (Lipinski definition) is 1. The van der Waals surface area contributed by atoms with Gasteiger partial charge in [-0.1, -0.05) is 54.6 Å². The van der Waals surface area contributed by atoms with E-state index in [1.54, 1.807) is 0 Å². The SMILES string of the molecule is SC1=C(c2ccccc2)Cc2ccccc21. The van der Waals surface area contributed by atoms with Gasteiger partial charge in [0.2, 0.25) is 0 Å². The maximum atomic E-state index is 4.66. The lowest BCUT2D eigenvalue weighted by Crippen LogP contribution is -1.84. The predicted octanol–water partition coefficient (Wildman–Crippen LogP) is 4.04. The quantitative estimate of drug-likeness (QED) is 0.694. The Morgan fingerprint density at radius 1 is 0.812 bits per heavy atom. The third-order valence-electron chi connectivity index (χ3n) is 3.05. The van der Waals surface area contributed by atoms with Crippen molar-refractivity contribution in [3.8, 4) is 0 Å². The summed E-state index contributed by atoms with van der Waals surface area (Å²) < 4.78 is 0. The van der Waals surface area contributed by atoms with Crippen LogP contribution in [0.25, 0.3) is 10.5 Å². The molecule has 1 heteroatoms. The van der Waals surface area contributed by atoms with Gasteiger partial charge in [0.15, 0.2) is 0 Å². The Morgan fingerprint density at radius 2 is 1.50 bits per heavy atom. The molecule has 0 aromatic heterocycles. The van der Waals surface area contributed by atoms with Crippen LogP contribution in [0.4, 0.5) is 0 Å². The summed E-state index contributed by atoms with van der Waals surface area (Å²) in [6, 6.07) is 19.0. The Balaban J connectivity index is 2.11. The van der Waals surface area contributed by atoms with Crippen molar-refractivity contribution in [1.29, 1.82) is 0 Å². The molecule has 2 aromatic rings. The van der Waals surface area contributed by atoms with Crippen molar-refractivity contribution in [2.24, 2.45) is 0 Å². The first kappa shape index (κ1) is 9.73. The van der Waals surface area contributed by atoms with Gasteiger partial charge in [-0.25, -0.2) is 0 Å². The van der Waals surface area contributed by atoms with Crippen LogP contribution in [0.5, 0.6) is 0 Å². The van der Waals surface area contributed by atoms with Crippen LogP contribution in [0.2, 0.25) is 0 Å². The van der Waals surface area contributed by atoms with Gasteiger partial charge >= 0.3 is 0 Å². The fourth-order valence-corrected chi connectivity index (χ4v) is 2.65. The second-order valence-electron chi connectivity index (χ2n) is 4.03. The summed E-state index contributed by atoms with van der Waals surface area (Å²) in [4.78, 5) is 1.13. The lowest BCUT2D eigenvalue weighted by molar-refractivity contribution is 1.32. The minimum atomic E-state index is 0.999. The summed E-state index contributed by atoms with van der Waals surface area (Å²) in [6.07, 6.45) is 0.999. The van der Waals surface area contributed by atoms with Crippen LogP contribution in [-0.2, 0) is 6.42 Å². The molecule has 0 N–H and O–H groups in total. The normalized spacial score (nSPS) is 14.1. The molecule has 0 fully saturated rings. The summed E-state index contributed by atoms with van der Waals surface area (Å²) in [5, 5.41) is 0. The van der Waals surface area contributed by atoms with Gasteiger partial charge in [0.25, 0.3) is 0 Å². The van der Waals surface area contributed by atoms with E-state index >= 15 is 0 Å². The van der Waals surface area contributed by atoms with Gasteiger partial charge in [-0.2, -0.15) is 0 Å². The zero-order chi connectivity index (χ0) is 11.0. The average molecular weight is 224 g/mol. The van der Waals surface area contributed by atoms with Crippen LogP contribution in [-0.4, -0.2) is 0 Å². The van der Waals surface area contributed by atoms with Crippen molar-refractivity contribution in [1.82, 2.24) is 0 Å². The van der Waals surface area contributed by atoms with E-state index in [4.69, 9.17) is 0 Å². The summed E-state index contributed by atoms with van der Waals surface area (Å²) in [5.41, 5.74) is 5.28. The second-order valence-corrected chi connectivity index (χ2v) is 4.47. The standard InChI is InChI=1S/C15H12S/c16-15-13-9-5-4-8-12(13)10-14(15)11-6-2-1-3-7-11/h1-9,16H,10H2. The fourth-order valence-electron chi connectivity index (χ4n) is 2.22. The first-order chi connectivity index (χ1) is 7.86. The summed E-state index contributed by atoms with van der Waals surface area (Å²) in [5.74, 6) is 0. The lowest BCUT2D eigenvalue weighted by atomic mass is 10.0. The molecule has 0 unspecified atom stereocenters. The van der Waals surface area contributed by atoms with Gasteiger partial charge in [-0.15, -0.1) is 12.6 Å². The molecule has 2 aromatic carbocycles. The van der Waals surface area contributed by atoms with E-state index in [1.807, 2.05) is 6.07 Å². The Labute approximate surface area is 101 Å². The van der Waals surface area contributed by atoms with Crippen molar-refractivity contribution in [3.63, 3.8) is 0 Å². The minimum Gasteiger partial charge on any atom is -0.142 e. The van der Waals surface area contributed by atoms with Crippen molar-refractivity contribution in [2.75, 3.05) is 0 Å². The van der Waals surface area contributed by atoms with Crippen molar-refractivity contribution >= 4 is 23.1 Å². The van der Waals surface area contributed by atoms with Gasteiger partial charge in [0.05, 0.1) is 0 Å². The van der Waals surface area contributed by atoms with Crippen LogP contribution in [0, 0.1) is 0 Å². The van der Waals surface area contributed by atoms with E-state index in [1.165, 1.54) is 22.3 Å². The Bertz CT molecular complexity index is 553. The minimum absolute atomic E-state index is 0.999. The summed E-state index contributed by atoms with van der Waals surface area (Å²) >= 11 is 4.66. The molecule has 0 saturated carbocycles. The van der Waals surface area contributed by atoms with Crippen molar-refractivity contribution in [2.45, 2.75) is 6.42 Å². The van der Waals surface area contributed by atoms with E-state index < -0.39 is 0 Å². The highest BCUT2D eigenvalue weighted by molar-refractivity contribution is 7.90. The molecule has 1 aliphatic carbocycles. The summed E-state index contributed by atoms with van der Waals surface area (Å²) in [7, 11) is 0. The zero-order valence-corrected chi connectivity index (χ0v) is 9.74. The number of allylic oxidation sites excluding steroid dienone is 1. The molecule has 0 heterocycles. The number of rotatable bonds is 1. The van der Waals surface area contributed by atoms with E-state index in [9.17, 15) is 0 Å². The first-order valence-corrected chi connectivity index (χ1v) is 5.87. The highest BCUT2D eigenvalue weighted by Crippen LogP contribution is 2.39. The van der Waals surface area contributed by atoms with Gasteiger partial charge in [0.1, 0.15) is 0 Å². The topological polar surface area (TPSA) is 0 Å². The Hall–Kier alpha value is -1.47. The molecule has 0 amide bonds. The maximum absolute atomic E-state index is 4.66. The van der Waals surface area contributed by atoms with Crippen molar-refractivity contribution in [3.05, 3.63) is 71.3 Å². The molecule has 0 nitrogen and oxygen atoms in total. The molecule has 0 bridgehead atoms. The lowest BCUT2D eigenvalue weighted by Gasteiger charge is -2.02. The zero-order valence-electron chi connectivity index (χ0n) is 8.85. The molecule has 0 atom stereocenters. The number of fused-ring (bicyclic) bond motifs is 1. The highest BCUT2D eigenvalue weighted by Gasteiger charge is 2.19. The molecule has 16 heavy (non-hydrogen) atoms. The van der Waals surface area contributed by atoms with Crippen LogP contribution in [0.3, 0.4) is 0 Å². The van der Waals surface area contributed by atoms with Gasteiger partial charge in [0, 0.05) is 4.91 Å². The van der Waals surface area contributed by atoms with E-state index in [0.29, 0.717) is 0 Å². The van der Waals surface area contributed by atoms with Gasteiger partial charge < -0.3 is 0 Å². The predicted molar refractivity (Wildman–Crippen MR) is 72.4 cm³/mol. The molecule has 0 spiro atoms. The van der Waals surface area contributed by atoms with Crippen LogP contribution >= 0.6 is 12.6 Å². The van der Waals surface area contributed by atoms with Crippen molar-refractivity contribution < 1.29 is 0 Å². The van der Waals surface area contributed by atoms with Crippen LogP contribution in [0.1, 0.15) is 16.7 Å². The molecule has 1 aliphatic rings. The highest BCUT2D eigenvalue weighted by atomic mass is 32.1. The van der Waals surface area contributed by atoms with Crippen LogP contribution < -0.4 is 0 Å². The van der Waals surface area contributed by atoms with Crippen LogP contribution in [0.15, 0.2) is 54.6 Å². The molecule has 78 valence electrons. The maximum Gasteiger partial charge on any atom is 0.0157 e. The van der Waals surface area contributed by atoms with Gasteiger partial charge in [-0.05, 0) is 28.7 Å². The average Bonchev–Trinajstić information content (AvgIpc) is 2.69. The summed E-state index contributed by atoms with van der Waals surface area (Å²) in [6.45, 7) is 0. The Morgan fingerprint density at radius 3 is 2.25 bits per heavy atom. The number of benzene rings is 2. The van der Waals surface area contributed by atoms with E-state index in [-0.39, 0.29) is 0 Å². The number of hydrogen-bond acceptors (Lipinski definition) is 1. The van der Waals surface area contributed by atoms with E-state index in [2.05, 4.69) is 61.2 Å². The number of thiol groups is 1. The third-order valence-corrected chi connectivity index (χ3v) is 3.56. The molecular weight excluding hydrogens is 212 g/mol.